The van der Waals surface area contributed by atoms with Crippen LogP contribution in [0.15, 0.2) is 6.20 Å². The van der Waals surface area contributed by atoms with Crippen LogP contribution in [0.3, 0.4) is 0 Å². The maximum absolute atomic E-state index is 12.6. The van der Waals surface area contributed by atoms with Crippen molar-refractivity contribution in [3.8, 4) is 0 Å². The van der Waals surface area contributed by atoms with Gasteiger partial charge in [-0.3, -0.25) is 14.5 Å². The van der Waals surface area contributed by atoms with Crippen LogP contribution in [0.25, 0.3) is 0 Å². The summed E-state index contributed by atoms with van der Waals surface area (Å²) in [7, 11) is 1.88. The normalized spacial score (nSPS) is 23.1. The fourth-order valence-electron chi connectivity index (χ4n) is 3.16. The molecule has 0 saturated carbocycles. The number of amides is 4. The summed E-state index contributed by atoms with van der Waals surface area (Å²) in [6.45, 7) is 6.02. The number of carbonyl (C=O) groups excluding carboxylic acids is 3. The van der Waals surface area contributed by atoms with Crippen molar-refractivity contribution in [1.82, 2.24) is 24.7 Å². The SMILES string of the molecule is Cc1cn(C)c([C@H]2CN(C(=O)CN3C(=O)NC(C)(C)C3=O)CCO2)n1. The lowest BCUT2D eigenvalue weighted by molar-refractivity contribution is -0.143. The Kier molecular flexibility index (Phi) is 4.28. The molecule has 2 aliphatic rings. The highest BCUT2D eigenvalue weighted by atomic mass is 16.5. The molecule has 1 atom stereocenters. The number of urea groups is 1. The minimum atomic E-state index is -0.977. The van der Waals surface area contributed by atoms with E-state index in [1.54, 1.807) is 18.7 Å². The number of aromatic nitrogens is 2. The van der Waals surface area contributed by atoms with Gasteiger partial charge in [-0.2, -0.15) is 0 Å². The van der Waals surface area contributed by atoms with Crippen LogP contribution in [0.5, 0.6) is 0 Å². The average Bonchev–Trinajstić information content (AvgIpc) is 2.98. The molecule has 0 aromatic carbocycles. The molecule has 2 saturated heterocycles. The fraction of sp³-hybridized carbons (Fsp3) is 0.625. The first-order chi connectivity index (χ1) is 11.7. The summed E-state index contributed by atoms with van der Waals surface area (Å²) in [6.07, 6.45) is 1.57. The van der Waals surface area contributed by atoms with Gasteiger partial charge in [0.05, 0.1) is 18.8 Å². The Bertz CT molecular complexity index is 726. The molecule has 9 heteroatoms. The van der Waals surface area contributed by atoms with Crippen LogP contribution in [0, 0.1) is 6.92 Å². The van der Waals surface area contributed by atoms with Crippen molar-refractivity contribution in [2.45, 2.75) is 32.4 Å². The molecule has 3 rings (SSSR count). The van der Waals surface area contributed by atoms with Gasteiger partial charge < -0.3 is 19.5 Å². The van der Waals surface area contributed by atoms with Crippen molar-refractivity contribution in [2.75, 3.05) is 26.2 Å². The molecule has 0 unspecified atom stereocenters. The molecule has 0 radical (unpaired) electrons. The van der Waals surface area contributed by atoms with Crippen LogP contribution in [0.2, 0.25) is 0 Å². The molecule has 3 heterocycles. The van der Waals surface area contributed by atoms with E-state index < -0.39 is 17.5 Å². The Morgan fingerprint density at radius 2 is 2.16 bits per heavy atom. The molecule has 9 nitrogen and oxygen atoms in total. The molecular weight excluding hydrogens is 326 g/mol. The van der Waals surface area contributed by atoms with Crippen LogP contribution in [0.1, 0.15) is 31.5 Å². The number of nitrogens with zero attached hydrogens (tertiary/aromatic N) is 4. The van der Waals surface area contributed by atoms with Gasteiger partial charge in [0.1, 0.15) is 24.0 Å². The Labute approximate surface area is 145 Å². The second-order valence-corrected chi connectivity index (χ2v) is 7.00. The van der Waals surface area contributed by atoms with Crippen LogP contribution in [-0.4, -0.2) is 69.0 Å². The summed E-state index contributed by atoms with van der Waals surface area (Å²) in [5.74, 6) is 0.0851. The summed E-state index contributed by atoms with van der Waals surface area (Å²) in [5.41, 5.74) is -0.0961. The monoisotopic (exact) mass is 349 g/mol. The molecule has 1 N–H and O–H groups in total. The number of carbonyl (C=O) groups is 3. The molecule has 0 aliphatic carbocycles. The maximum atomic E-state index is 12.6. The lowest BCUT2D eigenvalue weighted by Gasteiger charge is -2.33. The van der Waals surface area contributed by atoms with E-state index >= 15 is 0 Å². The largest absolute Gasteiger partial charge is 0.367 e. The summed E-state index contributed by atoms with van der Waals surface area (Å²) in [5, 5.41) is 2.57. The van der Waals surface area contributed by atoms with E-state index in [-0.39, 0.29) is 18.6 Å². The van der Waals surface area contributed by atoms with Crippen molar-refractivity contribution >= 4 is 17.8 Å². The zero-order valence-electron chi connectivity index (χ0n) is 14.9. The van der Waals surface area contributed by atoms with Crippen LogP contribution >= 0.6 is 0 Å². The van der Waals surface area contributed by atoms with Gasteiger partial charge in [0, 0.05) is 19.8 Å². The maximum Gasteiger partial charge on any atom is 0.325 e. The predicted octanol–water partition coefficient (Wildman–Crippen LogP) is -0.0412. The number of imide groups is 1. The Morgan fingerprint density at radius 3 is 2.72 bits per heavy atom. The smallest absolute Gasteiger partial charge is 0.325 e. The summed E-state index contributed by atoms with van der Waals surface area (Å²) in [4.78, 5) is 43.8. The number of ether oxygens (including phenoxy) is 1. The third-order valence-electron chi connectivity index (χ3n) is 4.48. The molecule has 0 spiro atoms. The molecule has 1 aromatic rings. The number of hydrogen-bond acceptors (Lipinski definition) is 5. The van der Waals surface area contributed by atoms with Crippen molar-refractivity contribution in [1.29, 1.82) is 0 Å². The number of rotatable bonds is 3. The van der Waals surface area contributed by atoms with Crippen LogP contribution in [-0.2, 0) is 21.4 Å². The number of aryl methyl sites for hydroxylation is 2. The Morgan fingerprint density at radius 1 is 1.44 bits per heavy atom. The van der Waals surface area contributed by atoms with Gasteiger partial charge in [-0.1, -0.05) is 0 Å². The molecule has 25 heavy (non-hydrogen) atoms. The highest BCUT2D eigenvalue weighted by molar-refractivity contribution is 6.08. The third-order valence-corrected chi connectivity index (χ3v) is 4.48. The van der Waals surface area contributed by atoms with Gasteiger partial charge in [0.25, 0.3) is 5.91 Å². The van der Waals surface area contributed by atoms with Gasteiger partial charge in [0.2, 0.25) is 5.91 Å². The van der Waals surface area contributed by atoms with Crippen molar-refractivity contribution in [3.63, 3.8) is 0 Å². The van der Waals surface area contributed by atoms with E-state index in [1.807, 2.05) is 24.7 Å². The van der Waals surface area contributed by atoms with Crippen LogP contribution < -0.4 is 5.32 Å². The minimum absolute atomic E-state index is 0.263. The van der Waals surface area contributed by atoms with Crippen molar-refractivity contribution < 1.29 is 19.1 Å². The molecule has 2 aliphatic heterocycles. The van der Waals surface area contributed by atoms with E-state index in [9.17, 15) is 14.4 Å². The second-order valence-electron chi connectivity index (χ2n) is 7.00. The van der Waals surface area contributed by atoms with Gasteiger partial charge in [-0.15, -0.1) is 0 Å². The first-order valence-electron chi connectivity index (χ1n) is 8.22. The Hall–Kier alpha value is -2.42. The second kappa shape index (κ2) is 6.14. The van der Waals surface area contributed by atoms with E-state index in [1.165, 1.54) is 0 Å². The summed E-state index contributed by atoms with van der Waals surface area (Å²) < 4.78 is 7.63. The number of nitrogens with one attached hydrogen (secondary N) is 1. The average molecular weight is 349 g/mol. The highest BCUT2D eigenvalue weighted by Gasteiger charge is 2.45. The molecule has 0 bridgehead atoms. The van der Waals surface area contributed by atoms with Gasteiger partial charge in [0.15, 0.2) is 0 Å². The zero-order valence-corrected chi connectivity index (χ0v) is 14.9. The van der Waals surface area contributed by atoms with E-state index in [0.29, 0.717) is 19.7 Å². The molecular formula is C16H23N5O4. The third kappa shape index (κ3) is 3.23. The van der Waals surface area contributed by atoms with Crippen molar-refractivity contribution in [2.24, 2.45) is 7.05 Å². The van der Waals surface area contributed by atoms with E-state index in [2.05, 4.69) is 10.3 Å². The Balaban J connectivity index is 1.67. The lowest BCUT2D eigenvalue weighted by Crippen LogP contribution is -2.48. The standard InChI is InChI=1S/C16H23N5O4/c1-10-7-19(4)13(17-10)11-8-20(5-6-25-11)12(22)9-21-14(23)16(2,3)18-15(21)24/h7,11H,5-6,8-9H2,1-4H3,(H,18,24)/t11-/m1/s1. The van der Waals surface area contributed by atoms with E-state index in [0.717, 1.165) is 16.4 Å². The van der Waals surface area contributed by atoms with Crippen molar-refractivity contribution in [3.05, 3.63) is 17.7 Å². The fourth-order valence-corrected chi connectivity index (χ4v) is 3.16. The first kappa shape index (κ1) is 17.4. The predicted molar refractivity (Wildman–Crippen MR) is 87.5 cm³/mol. The molecule has 2 fully saturated rings. The zero-order chi connectivity index (χ0) is 18.4. The topological polar surface area (TPSA) is 96.8 Å². The first-order valence-corrected chi connectivity index (χ1v) is 8.22. The molecule has 1 aromatic heterocycles. The number of morpholine rings is 1. The highest BCUT2D eigenvalue weighted by Crippen LogP contribution is 2.22. The quantitative estimate of drug-likeness (QED) is 0.773. The van der Waals surface area contributed by atoms with Gasteiger partial charge >= 0.3 is 6.03 Å². The van der Waals surface area contributed by atoms with Crippen LogP contribution in [0.4, 0.5) is 4.79 Å². The lowest BCUT2D eigenvalue weighted by atomic mass is 10.1. The van der Waals surface area contributed by atoms with Gasteiger partial charge in [-0.05, 0) is 20.8 Å². The summed E-state index contributed by atoms with van der Waals surface area (Å²) >= 11 is 0. The van der Waals surface area contributed by atoms with E-state index in [4.69, 9.17) is 4.74 Å². The van der Waals surface area contributed by atoms with Gasteiger partial charge in [-0.25, -0.2) is 9.78 Å². The number of hydrogen-bond donors (Lipinski definition) is 1. The minimum Gasteiger partial charge on any atom is -0.367 e. The number of imidazole rings is 1. The summed E-state index contributed by atoms with van der Waals surface area (Å²) in [6, 6.07) is -0.534. The molecule has 136 valence electrons. The molecule has 4 amide bonds.